The third-order valence-electron chi connectivity index (χ3n) is 0. The van der Waals surface area contributed by atoms with Gasteiger partial charge in [0.2, 0.25) is 0 Å². The topological polar surface area (TPSA) is 95.2 Å². The zero-order valence-electron chi connectivity index (χ0n) is 4.85. The first kappa shape index (κ1) is 57.4. The molecule has 6 heteroatoms. The Bertz CT molecular complexity index is 60.2. The Morgan fingerprint density at radius 2 is 0.500 bits per heavy atom. The Labute approximate surface area is 91.3 Å². The van der Waals surface area contributed by atoms with Crippen LogP contribution >= 0.6 is 0 Å². The van der Waals surface area contributed by atoms with Crippen molar-refractivity contribution in [2.75, 3.05) is 0 Å². The molecule has 0 aliphatic carbocycles. The van der Waals surface area contributed by atoms with Gasteiger partial charge in [-0.15, -0.1) is 0 Å². The number of hydrogen-bond acceptors (Lipinski definition) is 4. The molecule has 0 unspecified atom stereocenters. The van der Waals surface area contributed by atoms with Gasteiger partial charge in [-0.3, -0.25) is 0 Å². The summed E-state index contributed by atoms with van der Waals surface area (Å²) in [5.74, 6) is 0. The van der Waals surface area contributed by atoms with E-state index < -0.39 is 0 Å². The van der Waals surface area contributed by atoms with Gasteiger partial charge in [-0.1, -0.05) is 0 Å². The van der Waals surface area contributed by atoms with Crippen LogP contribution in [0.25, 0.3) is 0 Å². The van der Waals surface area contributed by atoms with Gasteiger partial charge < -0.3 is 47.3 Å². The van der Waals surface area contributed by atoms with Gasteiger partial charge in [0, 0.05) is 0 Å². The molecule has 0 atom stereocenters. The van der Waals surface area contributed by atoms with E-state index in [2.05, 4.69) is 0 Å². The van der Waals surface area contributed by atoms with Crippen molar-refractivity contribution in [2.45, 2.75) is 0 Å². The zero-order valence-corrected chi connectivity index (χ0v) is 9.99. The van der Waals surface area contributed by atoms with Gasteiger partial charge in [-0.25, -0.2) is 0 Å². The smallest absolute Gasteiger partial charge is 0.512 e. The maximum Gasteiger partial charge on any atom is 2.00 e. The molecule has 0 spiro atoms. The van der Waals surface area contributed by atoms with E-state index in [-0.39, 0.29) is 44.4 Å². The van der Waals surface area contributed by atoms with Crippen molar-refractivity contribution in [3.63, 3.8) is 0 Å². The second-order valence-corrected chi connectivity index (χ2v) is 0. The van der Waals surface area contributed by atoms with Crippen LogP contribution in [0.2, 0.25) is 0 Å². The van der Waals surface area contributed by atoms with Crippen LogP contribution in [-0.4, -0.2) is 0 Å². The minimum Gasteiger partial charge on any atom is -0.512 e. The Hall–Kier alpha value is -0.598. The summed E-state index contributed by atoms with van der Waals surface area (Å²) in [6, 6.07) is 0. The number of rotatable bonds is 0. The summed E-state index contributed by atoms with van der Waals surface area (Å²) in [4.78, 5) is 0. The molecular formula is C4CdFeN4. The largest absolute Gasteiger partial charge is 2.00 e. The van der Waals surface area contributed by atoms with E-state index in [0.717, 1.165) is 0 Å². The maximum atomic E-state index is 6.25. The first-order chi connectivity index (χ1) is 4.00. The average Bonchev–Trinajstić information content (AvgIpc) is 2.03. The minimum atomic E-state index is 0. The van der Waals surface area contributed by atoms with Gasteiger partial charge in [-0.2, -0.15) is 0 Å². The van der Waals surface area contributed by atoms with E-state index in [1.54, 1.807) is 0 Å². The fourth-order valence-electron chi connectivity index (χ4n) is 0. The van der Waals surface area contributed by atoms with Crippen LogP contribution in [0.15, 0.2) is 0 Å². The van der Waals surface area contributed by atoms with Crippen molar-refractivity contribution in [3.05, 3.63) is 26.3 Å². The van der Waals surface area contributed by atoms with Crippen LogP contribution in [-0.2, 0) is 44.4 Å². The van der Waals surface area contributed by atoms with Crippen LogP contribution in [0.4, 0.5) is 0 Å². The molecule has 0 aliphatic heterocycles. The van der Waals surface area contributed by atoms with Gasteiger partial charge in [-0.05, 0) is 0 Å². The fraction of sp³-hybridized carbons (Fsp3) is 0. The van der Waals surface area contributed by atoms with E-state index in [1.165, 1.54) is 0 Å². The van der Waals surface area contributed by atoms with Crippen molar-refractivity contribution >= 4 is 0 Å². The standard InChI is InChI=1S/4CN.Cd.Fe/c4*1-2;;/q4*-1;2*+2. The molecule has 0 aromatic carbocycles. The molecule has 0 fully saturated rings. The molecule has 0 amide bonds. The Morgan fingerprint density at radius 1 is 0.500 bits per heavy atom. The monoisotopic (exact) mass is 274 g/mol. The van der Waals surface area contributed by atoms with Gasteiger partial charge in [0.25, 0.3) is 0 Å². The first-order valence-electron chi connectivity index (χ1n) is 0.894. The van der Waals surface area contributed by atoms with E-state index in [9.17, 15) is 0 Å². The van der Waals surface area contributed by atoms with E-state index in [0.29, 0.717) is 0 Å². The normalized spacial score (nSPS) is 0.800. The van der Waals surface area contributed by atoms with Crippen LogP contribution in [0, 0.1) is 47.3 Å². The Balaban J connectivity index is -0.00000000500. The fourth-order valence-corrected chi connectivity index (χ4v) is 0. The second-order valence-electron chi connectivity index (χ2n) is 0. The molecule has 0 radical (unpaired) electrons. The molecule has 0 saturated carbocycles. The quantitative estimate of drug-likeness (QED) is 0.470. The summed E-state index contributed by atoms with van der Waals surface area (Å²) in [5.41, 5.74) is 0. The van der Waals surface area contributed by atoms with Gasteiger partial charge in [0.05, 0.1) is 0 Å². The van der Waals surface area contributed by atoms with Crippen LogP contribution < -0.4 is 0 Å². The van der Waals surface area contributed by atoms with Crippen molar-refractivity contribution in [3.8, 4) is 0 Å². The minimum absolute atomic E-state index is 0. The van der Waals surface area contributed by atoms with Crippen molar-refractivity contribution in [2.24, 2.45) is 0 Å². The summed E-state index contributed by atoms with van der Waals surface area (Å²) in [6.07, 6.45) is 0. The Kier molecular flexibility index (Phi) is 7370. The number of nitrogens with zero attached hydrogens (tertiary/aromatic N) is 4. The summed E-state index contributed by atoms with van der Waals surface area (Å²) in [5, 5.41) is 25.0. The van der Waals surface area contributed by atoms with Crippen LogP contribution in [0.1, 0.15) is 0 Å². The molecule has 0 aromatic heterocycles. The van der Waals surface area contributed by atoms with E-state index >= 15 is 0 Å². The molecule has 0 rings (SSSR count). The average molecular weight is 272 g/mol. The summed E-state index contributed by atoms with van der Waals surface area (Å²) >= 11 is 0. The molecule has 0 aliphatic rings. The van der Waals surface area contributed by atoms with Gasteiger partial charge >= 0.3 is 44.4 Å². The molecule has 0 N–H and O–H groups in total. The zero-order chi connectivity index (χ0) is 8.00. The van der Waals surface area contributed by atoms with E-state index in [1.807, 2.05) is 0 Å². The number of hydrogen-bond donors (Lipinski definition) is 0. The second kappa shape index (κ2) is 1290. The summed E-state index contributed by atoms with van der Waals surface area (Å²) in [7, 11) is 0. The molecule has 0 aromatic rings. The summed E-state index contributed by atoms with van der Waals surface area (Å²) in [6.45, 7) is 19.0. The van der Waals surface area contributed by atoms with Crippen molar-refractivity contribution in [1.29, 1.82) is 21.0 Å². The summed E-state index contributed by atoms with van der Waals surface area (Å²) < 4.78 is 0. The predicted molar refractivity (Wildman–Crippen MR) is 19.9 cm³/mol. The molecule has 0 saturated heterocycles. The van der Waals surface area contributed by atoms with E-state index in [4.69, 9.17) is 47.3 Å². The molecule has 10 heavy (non-hydrogen) atoms. The molecule has 46 valence electrons. The third kappa shape index (κ3) is 847. The maximum absolute atomic E-state index is 6.25. The first-order valence-corrected chi connectivity index (χ1v) is 0.894. The molecule has 0 bridgehead atoms. The van der Waals surface area contributed by atoms with Crippen molar-refractivity contribution < 1.29 is 44.4 Å². The third-order valence-corrected chi connectivity index (χ3v) is 0. The van der Waals surface area contributed by atoms with Crippen LogP contribution in [0.3, 0.4) is 0 Å². The molecule has 0 heterocycles. The predicted octanol–water partition coefficient (Wildman–Crippen LogP) is 0.380. The molecule has 4 nitrogen and oxygen atoms in total. The molecular weight excluding hydrogens is 272 g/mol. The van der Waals surface area contributed by atoms with Crippen molar-refractivity contribution in [1.82, 2.24) is 0 Å². The van der Waals surface area contributed by atoms with Gasteiger partial charge in [0.15, 0.2) is 0 Å². The SMILES string of the molecule is [C-]#N.[C-]#N.[C-]#N.[C-]#N.[Cd+2].[Fe+2]. The Morgan fingerprint density at radius 3 is 0.500 bits per heavy atom. The van der Waals surface area contributed by atoms with Crippen LogP contribution in [0.5, 0.6) is 0 Å². The van der Waals surface area contributed by atoms with Gasteiger partial charge in [0.1, 0.15) is 0 Å².